The molecular weight excluding hydrogens is 378 g/mol. The van der Waals surface area contributed by atoms with Crippen LogP contribution in [0.2, 0.25) is 0 Å². The number of unbranched alkanes of at least 4 members (excludes halogenated alkanes) is 12. The van der Waals surface area contributed by atoms with E-state index in [9.17, 15) is 4.79 Å². The van der Waals surface area contributed by atoms with Crippen molar-refractivity contribution in [3.05, 3.63) is 12.7 Å². The second-order valence-corrected chi connectivity index (χ2v) is 7.12. The van der Waals surface area contributed by atoms with E-state index in [1.54, 1.807) is 4.90 Å². The molecule has 0 saturated heterocycles. The van der Waals surface area contributed by atoms with E-state index in [2.05, 4.69) is 18.4 Å². The van der Waals surface area contributed by atoms with Gasteiger partial charge in [-0.15, -0.1) is 0 Å². The highest BCUT2D eigenvalue weighted by Gasteiger charge is 2.00. The van der Waals surface area contributed by atoms with Crippen molar-refractivity contribution in [2.45, 2.75) is 89.9 Å². The molecule has 0 amide bonds. The Morgan fingerprint density at radius 3 is 1.64 bits per heavy atom. The van der Waals surface area contributed by atoms with Gasteiger partial charge in [0.25, 0.3) is 0 Å². The topological polar surface area (TPSA) is 30.7 Å². The second kappa shape index (κ2) is 21.7. The van der Waals surface area contributed by atoms with Gasteiger partial charge < -0.3 is 26.6 Å². The smallest absolute Gasteiger partial charge is 0.305 e. The highest BCUT2D eigenvalue weighted by Crippen LogP contribution is 2.12. The van der Waals surface area contributed by atoms with Crippen molar-refractivity contribution in [2.75, 3.05) is 27.2 Å². The van der Waals surface area contributed by atoms with Crippen molar-refractivity contribution >= 4 is 5.97 Å². The first-order valence-corrected chi connectivity index (χ1v) is 10.2. The van der Waals surface area contributed by atoms with E-state index >= 15 is 0 Å². The van der Waals surface area contributed by atoms with E-state index in [1.165, 1.54) is 90.7 Å². The van der Waals surface area contributed by atoms with Crippen LogP contribution < -0.4 is 21.9 Å². The number of esters is 1. The van der Waals surface area contributed by atoms with Crippen molar-refractivity contribution < 1.29 is 31.4 Å². The van der Waals surface area contributed by atoms with Crippen molar-refractivity contribution in [1.82, 2.24) is 0 Å². The minimum atomic E-state index is -0.0694. The van der Waals surface area contributed by atoms with Crippen molar-refractivity contribution in [3.63, 3.8) is 0 Å². The summed E-state index contributed by atoms with van der Waals surface area (Å²) in [6, 6.07) is 0. The van der Waals surface area contributed by atoms with Gasteiger partial charge in [0.05, 0.1) is 27.2 Å². The average molecular weight is 420 g/mol. The van der Waals surface area contributed by atoms with E-state index in [4.69, 9.17) is 0 Å². The Labute approximate surface area is 167 Å². The van der Waals surface area contributed by atoms with Crippen molar-refractivity contribution in [1.29, 1.82) is 0 Å². The first-order chi connectivity index (χ1) is 11.7. The predicted molar refractivity (Wildman–Crippen MR) is 103 cm³/mol. The third kappa shape index (κ3) is 21.6. The summed E-state index contributed by atoms with van der Waals surface area (Å²) < 4.78 is 4.64. The number of hydrogen-bond acceptors (Lipinski definition) is 2. The number of halogens is 1. The number of ether oxygens (including phenoxy) is 1. The molecule has 1 unspecified atom stereocenters. The molecule has 150 valence electrons. The molecule has 0 radical (unpaired) electrons. The highest BCUT2D eigenvalue weighted by molar-refractivity contribution is 5.68. The summed E-state index contributed by atoms with van der Waals surface area (Å²) in [7, 11) is 3.72. The normalized spacial score (nSPS) is 11.6. The molecule has 0 aromatic carbocycles. The largest absolute Gasteiger partial charge is 1.00 e. The Morgan fingerprint density at radius 2 is 1.24 bits per heavy atom. The third-order valence-corrected chi connectivity index (χ3v) is 4.70. The zero-order valence-electron chi connectivity index (χ0n) is 16.8. The van der Waals surface area contributed by atoms with Gasteiger partial charge >= 0.3 is 5.97 Å². The maximum Gasteiger partial charge on any atom is 0.305 e. The SMILES string of the molecule is C=CC[NH+](C)CCCCCCCCCCCCCCCC(=O)OC.[Br-]. The van der Waals surface area contributed by atoms with Crippen LogP contribution in [0.25, 0.3) is 0 Å². The van der Waals surface area contributed by atoms with E-state index in [1.807, 2.05) is 6.08 Å². The maximum absolute atomic E-state index is 11.0. The predicted octanol–water partition coefficient (Wildman–Crippen LogP) is 1.33. The number of rotatable bonds is 18. The number of quaternary nitrogens is 1. The highest BCUT2D eigenvalue weighted by atomic mass is 79.9. The molecule has 0 aromatic heterocycles. The molecular formula is C21H42BrNO2. The maximum atomic E-state index is 11.0. The van der Waals surface area contributed by atoms with Crippen LogP contribution in [-0.2, 0) is 9.53 Å². The minimum Gasteiger partial charge on any atom is -1.00 e. The molecule has 25 heavy (non-hydrogen) atoms. The third-order valence-electron chi connectivity index (χ3n) is 4.70. The second-order valence-electron chi connectivity index (χ2n) is 7.12. The Bertz CT molecular complexity index is 298. The van der Waals surface area contributed by atoms with Crippen LogP contribution in [0.15, 0.2) is 12.7 Å². The summed E-state index contributed by atoms with van der Waals surface area (Å²) in [5, 5.41) is 0. The molecule has 0 heterocycles. The van der Waals surface area contributed by atoms with Gasteiger partial charge in [-0.25, -0.2) is 0 Å². The summed E-state index contributed by atoms with van der Waals surface area (Å²) in [5.41, 5.74) is 0. The molecule has 0 aliphatic carbocycles. The van der Waals surface area contributed by atoms with Gasteiger partial charge in [0.15, 0.2) is 0 Å². The lowest BCUT2D eigenvalue weighted by Gasteiger charge is -2.10. The zero-order valence-corrected chi connectivity index (χ0v) is 18.4. The minimum absolute atomic E-state index is 0. The van der Waals surface area contributed by atoms with Gasteiger partial charge in [-0.05, 0) is 25.3 Å². The lowest BCUT2D eigenvalue weighted by Crippen LogP contribution is -3.08. The molecule has 1 atom stereocenters. The van der Waals surface area contributed by atoms with E-state index in [-0.39, 0.29) is 23.0 Å². The first-order valence-electron chi connectivity index (χ1n) is 10.2. The summed E-state index contributed by atoms with van der Waals surface area (Å²) >= 11 is 0. The Hall–Kier alpha value is -0.350. The van der Waals surface area contributed by atoms with Gasteiger partial charge in [-0.3, -0.25) is 4.79 Å². The molecule has 0 saturated carbocycles. The number of nitrogens with one attached hydrogen (secondary N) is 1. The molecule has 0 rings (SSSR count). The molecule has 3 nitrogen and oxygen atoms in total. The van der Waals surface area contributed by atoms with Crippen LogP contribution in [0.3, 0.4) is 0 Å². The molecule has 4 heteroatoms. The van der Waals surface area contributed by atoms with Gasteiger partial charge in [-0.1, -0.05) is 70.8 Å². The molecule has 0 aliphatic rings. The number of methoxy groups -OCH3 is 1. The Balaban J connectivity index is 0. The van der Waals surface area contributed by atoms with Crippen LogP contribution in [0, 0.1) is 0 Å². The van der Waals surface area contributed by atoms with Gasteiger partial charge in [0.2, 0.25) is 0 Å². The summed E-state index contributed by atoms with van der Waals surface area (Å²) in [6.45, 7) is 6.16. The first kappa shape index (κ1) is 26.9. The zero-order chi connectivity index (χ0) is 17.9. The van der Waals surface area contributed by atoms with Crippen LogP contribution in [-0.4, -0.2) is 33.2 Å². The average Bonchev–Trinajstić information content (AvgIpc) is 2.58. The standard InChI is InChI=1S/C21H41NO2.BrH/c1-4-19-22(2)20-17-15-13-11-9-7-5-6-8-10-12-14-16-18-21(23)24-3;/h4H,1,5-20H2,2-3H3;1H. The van der Waals surface area contributed by atoms with Gasteiger partial charge in [0.1, 0.15) is 0 Å². The summed E-state index contributed by atoms with van der Waals surface area (Å²) in [4.78, 5) is 12.5. The number of likely N-dealkylation sites (N-methyl/N-ethyl adjacent to an activating group) is 1. The summed E-state index contributed by atoms with van der Waals surface area (Å²) in [5.74, 6) is -0.0694. The molecule has 0 bridgehead atoms. The quantitative estimate of drug-likeness (QED) is 0.206. The monoisotopic (exact) mass is 419 g/mol. The molecule has 0 fully saturated rings. The van der Waals surface area contributed by atoms with Gasteiger partial charge in [0, 0.05) is 6.42 Å². The fourth-order valence-corrected chi connectivity index (χ4v) is 3.09. The van der Waals surface area contributed by atoms with E-state index in [0.717, 1.165) is 13.0 Å². The number of carbonyl (C=O) groups is 1. The van der Waals surface area contributed by atoms with Crippen LogP contribution >= 0.6 is 0 Å². The molecule has 0 aliphatic heterocycles. The van der Waals surface area contributed by atoms with Crippen molar-refractivity contribution in [2.24, 2.45) is 0 Å². The summed E-state index contributed by atoms with van der Waals surface area (Å²) in [6.07, 6.45) is 19.8. The molecule has 0 spiro atoms. The number of carbonyl (C=O) groups excluding carboxylic acids is 1. The fraction of sp³-hybridized carbons (Fsp3) is 0.857. The van der Waals surface area contributed by atoms with Crippen LogP contribution in [0.4, 0.5) is 0 Å². The van der Waals surface area contributed by atoms with Crippen LogP contribution in [0.1, 0.15) is 89.9 Å². The Kier molecular flexibility index (Phi) is 23.3. The van der Waals surface area contributed by atoms with E-state index < -0.39 is 0 Å². The lowest BCUT2D eigenvalue weighted by molar-refractivity contribution is -0.873. The lowest BCUT2D eigenvalue weighted by atomic mass is 10.0. The molecule has 1 N–H and O–H groups in total. The fourth-order valence-electron chi connectivity index (χ4n) is 3.09. The van der Waals surface area contributed by atoms with Gasteiger partial charge in [-0.2, -0.15) is 0 Å². The van der Waals surface area contributed by atoms with Crippen molar-refractivity contribution in [3.8, 4) is 0 Å². The van der Waals surface area contributed by atoms with Crippen LogP contribution in [0.5, 0.6) is 0 Å². The Morgan fingerprint density at radius 1 is 0.840 bits per heavy atom. The number of hydrogen-bond donors (Lipinski definition) is 1. The van der Waals surface area contributed by atoms with E-state index in [0.29, 0.717) is 6.42 Å². The molecule has 0 aromatic rings.